The maximum atomic E-state index is 12.0. The molecular formula is C18H21N3O2. The van der Waals surface area contributed by atoms with Crippen molar-refractivity contribution in [1.29, 1.82) is 0 Å². The first kappa shape index (κ1) is 15.6. The van der Waals surface area contributed by atoms with Crippen LogP contribution in [-0.2, 0) is 23.2 Å². The minimum Gasteiger partial charge on any atom is -0.481 e. The molecule has 1 aromatic heterocycles. The van der Waals surface area contributed by atoms with E-state index in [1.165, 1.54) is 0 Å². The molecule has 120 valence electrons. The molecule has 0 spiro atoms. The van der Waals surface area contributed by atoms with E-state index in [1.807, 2.05) is 49.6 Å². The predicted octanol–water partition coefficient (Wildman–Crippen LogP) is 2.27. The summed E-state index contributed by atoms with van der Waals surface area (Å²) < 4.78 is 0. The van der Waals surface area contributed by atoms with Gasteiger partial charge in [0.1, 0.15) is 11.2 Å². The van der Waals surface area contributed by atoms with E-state index in [1.54, 1.807) is 0 Å². The highest BCUT2D eigenvalue weighted by molar-refractivity contribution is 5.82. The van der Waals surface area contributed by atoms with Crippen LogP contribution in [0.5, 0.6) is 0 Å². The van der Waals surface area contributed by atoms with Gasteiger partial charge in [-0.2, -0.15) is 0 Å². The Morgan fingerprint density at radius 1 is 1.26 bits per heavy atom. The molecule has 1 atom stereocenters. The van der Waals surface area contributed by atoms with Crippen LogP contribution in [0, 0.1) is 0 Å². The van der Waals surface area contributed by atoms with Crippen molar-refractivity contribution in [2.75, 3.05) is 13.1 Å². The van der Waals surface area contributed by atoms with Crippen molar-refractivity contribution in [2.45, 2.75) is 31.7 Å². The summed E-state index contributed by atoms with van der Waals surface area (Å²) in [5.41, 5.74) is 1.09. The lowest BCUT2D eigenvalue weighted by atomic mass is 9.80. The van der Waals surface area contributed by atoms with Crippen molar-refractivity contribution in [3.63, 3.8) is 0 Å². The SMILES string of the molecule is CCc1ncc(CN2CCC(C(=O)O)(c3ccccc3)C2)cn1. The van der Waals surface area contributed by atoms with E-state index < -0.39 is 11.4 Å². The minimum atomic E-state index is -0.814. The van der Waals surface area contributed by atoms with Crippen molar-refractivity contribution in [1.82, 2.24) is 14.9 Å². The fraction of sp³-hybridized carbons (Fsp3) is 0.389. The van der Waals surface area contributed by atoms with Crippen molar-refractivity contribution in [3.05, 3.63) is 59.7 Å². The summed E-state index contributed by atoms with van der Waals surface area (Å²) in [6.07, 6.45) is 5.13. The molecular weight excluding hydrogens is 290 g/mol. The number of benzene rings is 1. The molecule has 5 nitrogen and oxygen atoms in total. The summed E-state index contributed by atoms with van der Waals surface area (Å²) in [5.74, 6) is 0.0862. The summed E-state index contributed by atoms with van der Waals surface area (Å²) in [6.45, 7) is 3.99. The van der Waals surface area contributed by atoms with E-state index in [0.717, 1.165) is 29.9 Å². The standard InChI is InChI=1S/C18H21N3O2/c1-2-16-19-10-14(11-20-16)12-21-9-8-18(13-21,17(22)23)15-6-4-3-5-7-15/h3-7,10-11H,2,8-9,12-13H2,1H3,(H,22,23). The van der Waals surface area contributed by atoms with Gasteiger partial charge in [-0.3, -0.25) is 9.69 Å². The van der Waals surface area contributed by atoms with Gasteiger partial charge < -0.3 is 5.11 Å². The van der Waals surface area contributed by atoms with Crippen LogP contribution < -0.4 is 0 Å². The van der Waals surface area contributed by atoms with Crippen LogP contribution in [-0.4, -0.2) is 39.0 Å². The van der Waals surface area contributed by atoms with Gasteiger partial charge in [-0.25, -0.2) is 9.97 Å². The lowest BCUT2D eigenvalue weighted by molar-refractivity contribution is -0.143. The Kier molecular flexibility index (Phi) is 4.39. The number of hydrogen-bond acceptors (Lipinski definition) is 4. The number of aromatic nitrogens is 2. The highest BCUT2D eigenvalue weighted by atomic mass is 16.4. The molecule has 0 saturated carbocycles. The molecule has 3 rings (SSSR count). The van der Waals surface area contributed by atoms with Gasteiger partial charge >= 0.3 is 5.97 Å². The number of carboxylic acid groups (broad SMARTS) is 1. The Hall–Kier alpha value is -2.27. The highest BCUT2D eigenvalue weighted by Gasteiger charge is 2.46. The highest BCUT2D eigenvalue weighted by Crippen LogP contribution is 2.35. The normalized spacial score (nSPS) is 21.4. The second-order valence-corrected chi connectivity index (χ2v) is 6.08. The molecule has 1 N–H and O–H groups in total. The lowest BCUT2D eigenvalue weighted by Crippen LogP contribution is -2.38. The van der Waals surface area contributed by atoms with Gasteiger partial charge in [-0.15, -0.1) is 0 Å². The Bertz CT molecular complexity index is 672. The van der Waals surface area contributed by atoms with E-state index in [-0.39, 0.29) is 0 Å². The number of nitrogens with zero attached hydrogens (tertiary/aromatic N) is 3. The molecule has 0 amide bonds. The zero-order valence-corrected chi connectivity index (χ0v) is 13.3. The molecule has 1 aromatic carbocycles. The van der Waals surface area contributed by atoms with Crippen molar-refractivity contribution in [2.24, 2.45) is 0 Å². The van der Waals surface area contributed by atoms with Crippen molar-refractivity contribution < 1.29 is 9.90 Å². The molecule has 1 aliphatic rings. The molecule has 5 heteroatoms. The topological polar surface area (TPSA) is 66.3 Å². The monoisotopic (exact) mass is 311 g/mol. The lowest BCUT2D eigenvalue weighted by Gasteiger charge is -2.25. The van der Waals surface area contributed by atoms with Crippen LogP contribution >= 0.6 is 0 Å². The number of carboxylic acids is 1. The van der Waals surface area contributed by atoms with E-state index in [4.69, 9.17) is 0 Å². The summed E-state index contributed by atoms with van der Waals surface area (Å²) in [7, 11) is 0. The van der Waals surface area contributed by atoms with Gasteiger partial charge in [0.2, 0.25) is 0 Å². The van der Waals surface area contributed by atoms with Gasteiger partial charge in [0, 0.05) is 44.0 Å². The van der Waals surface area contributed by atoms with Crippen LogP contribution in [0.2, 0.25) is 0 Å². The van der Waals surface area contributed by atoms with Crippen LogP contribution in [0.1, 0.15) is 30.3 Å². The second kappa shape index (κ2) is 6.46. The summed E-state index contributed by atoms with van der Waals surface area (Å²) in [4.78, 5) is 22.8. The maximum Gasteiger partial charge on any atom is 0.315 e. The third-order valence-corrected chi connectivity index (χ3v) is 4.57. The average Bonchev–Trinajstić information content (AvgIpc) is 3.02. The minimum absolute atomic E-state index is 0.516. The Labute approximate surface area is 136 Å². The average molecular weight is 311 g/mol. The summed E-state index contributed by atoms with van der Waals surface area (Å²) in [5, 5.41) is 9.82. The number of aliphatic carboxylic acids is 1. The number of hydrogen-bond donors (Lipinski definition) is 1. The fourth-order valence-electron chi connectivity index (χ4n) is 3.22. The van der Waals surface area contributed by atoms with Crippen molar-refractivity contribution in [3.8, 4) is 0 Å². The van der Waals surface area contributed by atoms with E-state index >= 15 is 0 Å². The second-order valence-electron chi connectivity index (χ2n) is 6.08. The predicted molar refractivity (Wildman–Crippen MR) is 87.1 cm³/mol. The van der Waals surface area contributed by atoms with Gasteiger partial charge in [-0.1, -0.05) is 37.3 Å². The van der Waals surface area contributed by atoms with Gasteiger partial charge in [0.25, 0.3) is 0 Å². The zero-order chi connectivity index (χ0) is 16.3. The summed E-state index contributed by atoms with van der Waals surface area (Å²) in [6, 6.07) is 9.55. The largest absolute Gasteiger partial charge is 0.481 e. The number of likely N-dealkylation sites (tertiary alicyclic amines) is 1. The van der Waals surface area contributed by atoms with Gasteiger partial charge in [-0.05, 0) is 12.0 Å². The molecule has 0 bridgehead atoms. The molecule has 0 aliphatic carbocycles. The van der Waals surface area contributed by atoms with Crippen LogP contribution in [0.3, 0.4) is 0 Å². The molecule has 1 saturated heterocycles. The molecule has 23 heavy (non-hydrogen) atoms. The quantitative estimate of drug-likeness (QED) is 0.917. The first-order chi connectivity index (χ1) is 11.1. The van der Waals surface area contributed by atoms with E-state index in [0.29, 0.717) is 19.5 Å². The van der Waals surface area contributed by atoms with Crippen LogP contribution in [0.25, 0.3) is 0 Å². The third kappa shape index (κ3) is 3.10. The molecule has 1 fully saturated rings. The number of aryl methyl sites for hydroxylation is 1. The Balaban J connectivity index is 1.76. The van der Waals surface area contributed by atoms with E-state index in [2.05, 4.69) is 14.9 Å². The Morgan fingerprint density at radius 2 is 1.96 bits per heavy atom. The maximum absolute atomic E-state index is 12.0. The molecule has 2 heterocycles. The third-order valence-electron chi connectivity index (χ3n) is 4.57. The fourth-order valence-corrected chi connectivity index (χ4v) is 3.22. The summed E-state index contributed by atoms with van der Waals surface area (Å²) >= 11 is 0. The molecule has 0 radical (unpaired) electrons. The molecule has 1 unspecified atom stereocenters. The van der Waals surface area contributed by atoms with E-state index in [9.17, 15) is 9.90 Å². The number of carbonyl (C=O) groups is 1. The first-order valence-corrected chi connectivity index (χ1v) is 7.95. The van der Waals surface area contributed by atoms with Crippen molar-refractivity contribution >= 4 is 5.97 Å². The zero-order valence-electron chi connectivity index (χ0n) is 13.3. The smallest absolute Gasteiger partial charge is 0.315 e. The van der Waals surface area contributed by atoms with Gasteiger partial charge in [0.15, 0.2) is 0 Å². The number of rotatable bonds is 5. The van der Waals surface area contributed by atoms with Crippen LogP contribution in [0.15, 0.2) is 42.7 Å². The molecule has 1 aliphatic heterocycles. The molecule has 2 aromatic rings. The van der Waals surface area contributed by atoms with Crippen LogP contribution in [0.4, 0.5) is 0 Å². The van der Waals surface area contributed by atoms with Gasteiger partial charge in [0.05, 0.1) is 0 Å². The Morgan fingerprint density at radius 3 is 2.57 bits per heavy atom. The first-order valence-electron chi connectivity index (χ1n) is 7.95.